The van der Waals surface area contributed by atoms with E-state index >= 15 is 0 Å². The van der Waals surface area contributed by atoms with E-state index in [9.17, 15) is 13.5 Å². The van der Waals surface area contributed by atoms with Crippen molar-refractivity contribution in [2.75, 3.05) is 13.1 Å². The molecule has 26 heavy (non-hydrogen) atoms. The summed E-state index contributed by atoms with van der Waals surface area (Å²) in [5.41, 5.74) is 1.10. The quantitative estimate of drug-likeness (QED) is 0.631. The van der Waals surface area contributed by atoms with Gasteiger partial charge in [-0.3, -0.25) is 0 Å². The van der Waals surface area contributed by atoms with Gasteiger partial charge in [-0.1, -0.05) is 47.6 Å². The van der Waals surface area contributed by atoms with Crippen molar-refractivity contribution < 1.29 is 13.5 Å². The largest absolute Gasteiger partial charge is 0.378 e. The molecule has 1 fully saturated rings. The summed E-state index contributed by atoms with van der Waals surface area (Å²) in [7, 11) is -3.63. The van der Waals surface area contributed by atoms with Gasteiger partial charge in [-0.15, -0.1) is 0 Å². The summed E-state index contributed by atoms with van der Waals surface area (Å²) in [6.45, 7) is 6.14. The third-order valence-corrected chi connectivity index (χ3v) is 6.45. The minimum atomic E-state index is -3.63. The lowest BCUT2D eigenvalue weighted by molar-refractivity contribution is 0.0609. The smallest absolute Gasteiger partial charge is 0.244 e. The summed E-state index contributed by atoms with van der Waals surface area (Å²) >= 11 is 0. The maximum atomic E-state index is 13.0. The van der Waals surface area contributed by atoms with Crippen molar-refractivity contribution in [2.24, 2.45) is 0 Å². The summed E-state index contributed by atoms with van der Waals surface area (Å²) in [6, 6.07) is 6.84. The van der Waals surface area contributed by atoms with Gasteiger partial charge in [0.2, 0.25) is 10.0 Å². The van der Waals surface area contributed by atoms with Crippen LogP contribution in [0.25, 0.3) is 0 Å². The van der Waals surface area contributed by atoms with Crippen LogP contribution in [0.4, 0.5) is 0 Å². The molecule has 0 amide bonds. The molecular weight excluding hydrogens is 346 g/mol. The molecule has 0 saturated heterocycles. The monoisotopic (exact) mass is 375 g/mol. The highest BCUT2D eigenvalue weighted by Crippen LogP contribution is 2.27. The summed E-state index contributed by atoms with van der Waals surface area (Å²) in [6.07, 6.45) is 6.27. The lowest BCUT2D eigenvalue weighted by Gasteiger charge is -2.26. The highest BCUT2D eigenvalue weighted by atomic mass is 32.2. The number of aliphatic hydroxyl groups is 1. The number of hydrogen-bond donors (Lipinski definition) is 1. The van der Waals surface area contributed by atoms with E-state index in [0.717, 1.165) is 30.4 Å². The minimum absolute atomic E-state index is 0.0717. The van der Waals surface area contributed by atoms with E-state index < -0.39 is 15.6 Å². The average molecular weight is 376 g/mol. The zero-order valence-corrected chi connectivity index (χ0v) is 16.8. The Morgan fingerprint density at radius 3 is 2.38 bits per heavy atom. The van der Waals surface area contributed by atoms with Gasteiger partial charge in [0.15, 0.2) is 0 Å². The summed E-state index contributed by atoms with van der Waals surface area (Å²) in [5.74, 6) is 5.85. The van der Waals surface area contributed by atoms with Crippen LogP contribution in [-0.4, -0.2) is 36.5 Å². The number of benzene rings is 1. The van der Waals surface area contributed by atoms with Crippen molar-refractivity contribution >= 4 is 10.0 Å². The SMILES string of the molecule is CC(C)=CCN(CC#CC1(O)CCCCC1)S(=O)(=O)c1ccc(C)cc1. The molecule has 0 atom stereocenters. The lowest BCUT2D eigenvalue weighted by Crippen LogP contribution is -2.33. The second-order valence-corrected chi connectivity index (χ2v) is 9.22. The molecular formula is C21H29NO3S. The predicted octanol–water partition coefficient (Wildman–Crippen LogP) is 3.65. The molecule has 1 saturated carbocycles. The van der Waals surface area contributed by atoms with Crippen molar-refractivity contribution in [2.45, 2.75) is 63.4 Å². The first-order valence-corrected chi connectivity index (χ1v) is 10.6. The summed E-state index contributed by atoms with van der Waals surface area (Å²) in [5, 5.41) is 10.5. The van der Waals surface area contributed by atoms with Gasteiger partial charge in [0.05, 0.1) is 11.4 Å². The Kier molecular flexibility index (Phi) is 7.05. The zero-order chi connectivity index (χ0) is 19.2. The predicted molar refractivity (Wildman–Crippen MR) is 105 cm³/mol. The number of hydrogen-bond acceptors (Lipinski definition) is 3. The van der Waals surface area contributed by atoms with Crippen LogP contribution in [0.15, 0.2) is 40.8 Å². The second kappa shape index (κ2) is 8.85. The Balaban J connectivity index is 2.23. The molecule has 5 heteroatoms. The van der Waals surface area contributed by atoms with Crippen molar-refractivity contribution in [1.29, 1.82) is 0 Å². The number of rotatable bonds is 5. The van der Waals surface area contributed by atoms with E-state index in [4.69, 9.17) is 0 Å². The van der Waals surface area contributed by atoms with Crippen molar-refractivity contribution in [3.63, 3.8) is 0 Å². The lowest BCUT2D eigenvalue weighted by atomic mass is 9.85. The van der Waals surface area contributed by atoms with E-state index in [1.807, 2.05) is 26.8 Å². The average Bonchev–Trinajstić information content (AvgIpc) is 2.58. The Labute approximate surface area is 158 Å². The molecule has 0 spiro atoms. The van der Waals surface area contributed by atoms with E-state index in [1.165, 1.54) is 4.31 Å². The first kappa shape index (κ1) is 20.7. The number of nitrogens with zero attached hydrogens (tertiary/aromatic N) is 1. The van der Waals surface area contributed by atoms with Gasteiger partial charge in [0, 0.05) is 6.54 Å². The molecule has 4 nitrogen and oxygen atoms in total. The molecule has 0 aromatic heterocycles. The van der Waals surface area contributed by atoms with Crippen molar-refractivity contribution in [3.8, 4) is 11.8 Å². The molecule has 1 aromatic rings. The molecule has 0 unspecified atom stereocenters. The molecule has 0 radical (unpaired) electrons. The van der Waals surface area contributed by atoms with Crippen LogP contribution in [-0.2, 0) is 10.0 Å². The van der Waals surface area contributed by atoms with Gasteiger partial charge in [-0.25, -0.2) is 8.42 Å². The van der Waals surface area contributed by atoms with Gasteiger partial charge < -0.3 is 5.11 Å². The Morgan fingerprint density at radius 1 is 1.19 bits per heavy atom. The van der Waals surface area contributed by atoms with Crippen LogP contribution in [0.5, 0.6) is 0 Å². The van der Waals surface area contributed by atoms with Crippen molar-refractivity contribution in [3.05, 3.63) is 41.5 Å². The Hall–Kier alpha value is -1.61. The molecule has 142 valence electrons. The third-order valence-electron chi connectivity index (χ3n) is 4.62. The highest BCUT2D eigenvalue weighted by Gasteiger charge is 2.27. The van der Waals surface area contributed by atoms with Gasteiger partial charge in [0.1, 0.15) is 5.60 Å². The molecule has 0 heterocycles. The first-order chi connectivity index (χ1) is 12.2. The van der Waals surface area contributed by atoms with Crippen LogP contribution in [0.1, 0.15) is 51.5 Å². The summed E-state index contributed by atoms with van der Waals surface area (Å²) < 4.78 is 27.3. The fourth-order valence-electron chi connectivity index (χ4n) is 2.95. The number of allylic oxidation sites excluding steroid dienone is 1. The molecule has 1 aliphatic carbocycles. The van der Waals surface area contributed by atoms with E-state index in [1.54, 1.807) is 24.3 Å². The van der Waals surface area contributed by atoms with Crippen LogP contribution in [0.3, 0.4) is 0 Å². The molecule has 0 aliphatic heterocycles. The first-order valence-electron chi connectivity index (χ1n) is 9.16. The van der Waals surface area contributed by atoms with Gasteiger partial charge in [0.25, 0.3) is 0 Å². The molecule has 1 aromatic carbocycles. The zero-order valence-electron chi connectivity index (χ0n) is 16.0. The van der Waals surface area contributed by atoms with Crippen LogP contribution in [0.2, 0.25) is 0 Å². The Morgan fingerprint density at radius 2 is 1.81 bits per heavy atom. The highest BCUT2D eigenvalue weighted by molar-refractivity contribution is 7.89. The molecule has 1 aliphatic rings. The van der Waals surface area contributed by atoms with Crippen LogP contribution >= 0.6 is 0 Å². The molecule has 1 N–H and O–H groups in total. The number of sulfonamides is 1. The topological polar surface area (TPSA) is 57.6 Å². The van der Waals surface area contributed by atoms with Crippen LogP contribution < -0.4 is 0 Å². The second-order valence-electron chi connectivity index (χ2n) is 7.29. The third kappa shape index (κ3) is 5.70. The maximum Gasteiger partial charge on any atom is 0.244 e. The van der Waals surface area contributed by atoms with Crippen LogP contribution in [0, 0.1) is 18.8 Å². The fraction of sp³-hybridized carbons (Fsp3) is 0.524. The van der Waals surface area contributed by atoms with E-state index in [0.29, 0.717) is 12.8 Å². The minimum Gasteiger partial charge on any atom is -0.378 e. The number of aryl methyl sites for hydroxylation is 1. The summed E-state index contributed by atoms with van der Waals surface area (Å²) in [4.78, 5) is 0.267. The standard InChI is InChI=1S/C21H29NO3S/c1-18(2)12-17-22(16-7-15-21(23)13-5-4-6-14-21)26(24,25)20-10-8-19(3)9-11-20/h8-12,23H,4-6,13-14,16-17H2,1-3H3. The van der Waals surface area contributed by atoms with E-state index in [2.05, 4.69) is 11.8 Å². The van der Waals surface area contributed by atoms with Gasteiger partial charge in [-0.05, 0) is 58.6 Å². The van der Waals surface area contributed by atoms with Crippen molar-refractivity contribution in [1.82, 2.24) is 4.31 Å². The maximum absolute atomic E-state index is 13.0. The Bertz CT molecular complexity index is 788. The molecule has 0 bridgehead atoms. The molecule has 2 rings (SSSR count). The van der Waals surface area contributed by atoms with Gasteiger partial charge >= 0.3 is 0 Å². The fourth-order valence-corrected chi connectivity index (χ4v) is 4.23. The van der Waals surface area contributed by atoms with E-state index in [-0.39, 0.29) is 18.0 Å². The van der Waals surface area contributed by atoms with Gasteiger partial charge in [-0.2, -0.15) is 4.31 Å². The normalized spacial score (nSPS) is 16.7.